The van der Waals surface area contributed by atoms with Crippen molar-refractivity contribution in [1.82, 2.24) is 0 Å². The number of hydrogen-bond acceptors (Lipinski definition) is 0. The monoisotopic (exact) mass is 328 g/mol. The number of fused-ring (bicyclic) bond motifs is 4. The fourth-order valence-electron chi connectivity index (χ4n) is 3.66. The van der Waals surface area contributed by atoms with E-state index in [2.05, 4.69) is 73.5 Å². The molecule has 0 heterocycles. The number of rotatable bonds is 1. The molecule has 0 bridgehead atoms. The van der Waals surface area contributed by atoms with Crippen molar-refractivity contribution in [1.29, 1.82) is 0 Å². The second-order valence-electron chi connectivity index (χ2n) is 6.00. The Morgan fingerprint density at radius 3 is 1.96 bits per heavy atom. The molecule has 1 atom stereocenters. The predicted molar refractivity (Wildman–Crippen MR) is 112 cm³/mol. The molecule has 128 valence electrons. The molecule has 4 rings (SSSR count). The largest absolute Gasteiger partial charge is 0.120 e. The summed E-state index contributed by atoms with van der Waals surface area (Å²) in [4.78, 5) is 0. The van der Waals surface area contributed by atoms with Crippen LogP contribution in [0.4, 0.5) is 0 Å². The summed E-state index contributed by atoms with van der Waals surface area (Å²) in [5.74, 6) is 2.88. The molecule has 0 spiro atoms. The van der Waals surface area contributed by atoms with Crippen LogP contribution in [0.5, 0.6) is 0 Å². The van der Waals surface area contributed by atoms with Gasteiger partial charge in [-0.2, -0.15) is 0 Å². The molecule has 0 radical (unpaired) electrons. The first-order valence-corrected chi connectivity index (χ1v) is 9.31. The van der Waals surface area contributed by atoms with E-state index in [-0.39, 0.29) is 5.41 Å². The Bertz CT molecular complexity index is 895. The fraction of sp³-hybridized carbons (Fsp3) is 0.280. The lowest BCUT2D eigenvalue weighted by atomic mass is 9.77. The third kappa shape index (κ3) is 3.08. The molecular weight excluding hydrogens is 300 g/mol. The molecule has 0 saturated carbocycles. The molecule has 0 aliphatic heterocycles. The highest BCUT2D eigenvalue weighted by molar-refractivity contribution is 5.93. The van der Waals surface area contributed by atoms with Crippen LogP contribution in [-0.2, 0) is 5.41 Å². The summed E-state index contributed by atoms with van der Waals surface area (Å²) in [6, 6.07) is 21.8. The maximum atomic E-state index is 5.67. The standard InChI is InChI=1S/C21H16.2C2H6/c1-3-12-21(2)19-11-7-6-10-17(19)18-13-15-8-4-5-9-16(15)14-20(18)21;2*1-2/h1,4-11,13-14H,12H2,2H3;2*1-2H3. The van der Waals surface area contributed by atoms with Gasteiger partial charge in [0.25, 0.3) is 0 Å². The van der Waals surface area contributed by atoms with Crippen LogP contribution in [-0.4, -0.2) is 0 Å². The molecular formula is C25H28. The second-order valence-corrected chi connectivity index (χ2v) is 6.00. The van der Waals surface area contributed by atoms with Crippen molar-refractivity contribution in [2.45, 2.75) is 46.5 Å². The van der Waals surface area contributed by atoms with E-state index in [0.717, 1.165) is 6.42 Å². The van der Waals surface area contributed by atoms with E-state index in [0.29, 0.717) is 0 Å². The van der Waals surface area contributed by atoms with Gasteiger partial charge in [0.15, 0.2) is 0 Å². The molecule has 0 fully saturated rings. The Balaban J connectivity index is 0.000000528. The van der Waals surface area contributed by atoms with Crippen molar-refractivity contribution in [3.05, 3.63) is 71.8 Å². The van der Waals surface area contributed by atoms with E-state index in [9.17, 15) is 0 Å². The molecule has 1 aliphatic rings. The van der Waals surface area contributed by atoms with Gasteiger partial charge in [-0.3, -0.25) is 0 Å². The molecule has 0 aromatic heterocycles. The zero-order chi connectivity index (χ0) is 18.4. The Labute approximate surface area is 152 Å². The lowest BCUT2D eigenvalue weighted by Crippen LogP contribution is -2.19. The summed E-state index contributed by atoms with van der Waals surface area (Å²) in [6.07, 6.45) is 6.40. The topological polar surface area (TPSA) is 0 Å². The number of terminal acetylenes is 1. The predicted octanol–water partition coefficient (Wildman–Crippen LogP) is 7.20. The van der Waals surface area contributed by atoms with Gasteiger partial charge < -0.3 is 0 Å². The lowest BCUT2D eigenvalue weighted by molar-refractivity contribution is 0.608. The maximum Gasteiger partial charge on any atom is 0.0296 e. The van der Waals surface area contributed by atoms with E-state index < -0.39 is 0 Å². The number of benzene rings is 3. The van der Waals surface area contributed by atoms with Crippen molar-refractivity contribution in [2.75, 3.05) is 0 Å². The van der Waals surface area contributed by atoms with E-state index >= 15 is 0 Å². The van der Waals surface area contributed by atoms with Gasteiger partial charge in [-0.1, -0.05) is 83.1 Å². The summed E-state index contributed by atoms with van der Waals surface area (Å²) >= 11 is 0. The minimum Gasteiger partial charge on any atom is -0.120 e. The summed E-state index contributed by atoms with van der Waals surface area (Å²) in [7, 11) is 0. The minimum atomic E-state index is -0.0787. The van der Waals surface area contributed by atoms with Gasteiger partial charge >= 0.3 is 0 Å². The van der Waals surface area contributed by atoms with E-state index in [1.54, 1.807) is 0 Å². The van der Waals surface area contributed by atoms with Crippen LogP contribution in [0, 0.1) is 12.3 Å². The zero-order valence-electron chi connectivity index (χ0n) is 16.1. The summed E-state index contributed by atoms with van der Waals surface area (Å²) in [5.41, 5.74) is 5.30. The molecule has 3 aromatic rings. The molecule has 0 saturated heterocycles. The van der Waals surface area contributed by atoms with Crippen molar-refractivity contribution in [2.24, 2.45) is 0 Å². The summed E-state index contributed by atoms with van der Waals surface area (Å²) in [5, 5.41) is 2.57. The molecule has 1 aliphatic carbocycles. The van der Waals surface area contributed by atoms with Crippen molar-refractivity contribution >= 4 is 10.8 Å². The molecule has 0 heteroatoms. The van der Waals surface area contributed by atoms with Gasteiger partial charge in [-0.05, 0) is 45.2 Å². The van der Waals surface area contributed by atoms with E-state index in [1.165, 1.54) is 33.0 Å². The zero-order valence-corrected chi connectivity index (χ0v) is 16.1. The van der Waals surface area contributed by atoms with Crippen LogP contribution in [0.25, 0.3) is 21.9 Å². The van der Waals surface area contributed by atoms with Crippen molar-refractivity contribution in [3.63, 3.8) is 0 Å². The number of hydrogen-bond donors (Lipinski definition) is 0. The van der Waals surface area contributed by atoms with Crippen LogP contribution in [0.2, 0.25) is 0 Å². The van der Waals surface area contributed by atoms with Gasteiger partial charge in [-0.15, -0.1) is 12.3 Å². The first-order valence-electron chi connectivity index (χ1n) is 9.31. The SMILES string of the molecule is C#CCC1(C)c2ccccc2-c2cc3ccccc3cc21.CC.CC. The first-order chi connectivity index (χ1) is 12.2. The highest BCUT2D eigenvalue weighted by atomic mass is 14.4. The van der Waals surface area contributed by atoms with Crippen LogP contribution in [0.3, 0.4) is 0 Å². The van der Waals surface area contributed by atoms with Crippen LogP contribution in [0.1, 0.15) is 52.2 Å². The normalized spacial score (nSPS) is 16.5. The quantitative estimate of drug-likeness (QED) is 0.414. The molecule has 0 nitrogen and oxygen atoms in total. The van der Waals surface area contributed by atoms with Gasteiger partial charge in [0.1, 0.15) is 0 Å². The Morgan fingerprint density at radius 1 is 0.760 bits per heavy atom. The maximum absolute atomic E-state index is 5.67. The summed E-state index contributed by atoms with van der Waals surface area (Å²) < 4.78 is 0. The third-order valence-electron chi connectivity index (χ3n) is 4.75. The smallest absolute Gasteiger partial charge is 0.0296 e. The van der Waals surface area contributed by atoms with Crippen LogP contribution in [0.15, 0.2) is 60.7 Å². The molecule has 1 unspecified atom stereocenters. The van der Waals surface area contributed by atoms with E-state index in [4.69, 9.17) is 6.42 Å². The third-order valence-corrected chi connectivity index (χ3v) is 4.75. The van der Waals surface area contributed by atoms with E-state index in [1.807, 2.05) is 27.7 Å². The molecule has 0 N–H and O–H groups in total. The highest BCUT2D eigenvalue weighted by Crippen LogP contribution is 2.51. The second kappa shape index (κ2) is 8.04. The average Bonchev–Trinajstić information content (AvgIpc) is 2.92. The van der Waals surface area contributed by atoms with Gasteiger partial charge in [0.05, 0.1) is 0 Å². The summed E-state index contributed by atoms with van der Waals surface area (Å²) in [6.45, 7) is 10.3. The van der Waals surface area contributed by atoms with Gasteiger partial charge in [0.2, 0.25) is 0 Å². The van der Waals surface area contributed by atoms with Crippen molar-refractivity contribution < 1.29 is 0 Å². The Morgan fingerprint density at radius 2 is 1.32 bits per heavy atom. The first kappa shape index (κ1) is 18.8. The fourth-order valence-corrected chi connectivity index (χ4v) is 3.66. The van der Waals surface area contributed by atoms with Crippen LogP contribution < -0.4 is 0 Å². The van der Waals surface area contributed by atoms with Crippen molar-refractivity contribution in [3.8, 4) is 23.5 Å². The minimum absolute atomic E-state index is 0.0787. The lowest BCUT2D eigenvalue weighted by Gasteiger charge is -2.25. The molecule has 0 amide bonds. The molecule has 25 heavy (non-hydrogen) atoms. The average molecular weight is 328 g/mol. The highest BCUT2D eigenvalue weighted by Gasteiger charge is 2.38. The van der Waals surface area contributed by atoms with Crippen LogP contribution >= 0.6 is 0 Å². The van der Waals surface area contributed by atoms with Gasteiger partial charge in [-0.25, -0.2) is 0 Å². The molecule has 3 aromatic carbocycles. The Kier molecular flexibility index (Phi) is 6.05. The Hall–Kier alpha value is -2.52. The van der Waals surface area contributed by atoms with Gasteiger partial charge in [0, 0.05) is 11.8 Å².